The predicted molar refractivity (Wildman–Crippen MR) is 64.7 cm³/mol. The van der Waals surface area contributed by atoms with Gasteiger partial charge >= 0.3 is 0 Å². The SMILES string of the molecule is CCC/C(Cl)=C(\Cl)c1ccc(C)cc1. The molecule has 0 nitrogen and oxygen atoms in total. The molecule has 14 heavy (non-hydrogen) atoms. The lowest BCUT2D eigenvalue weighted by Crippen LogP contribution is -1.82. The number of hydrogen-bond donors (Lipinski definition) is 0. The maximum absolute atomic E-state index is 6.14. The molecule has 0 N–H and O–H groups in total. The molecule has 0 saturated carbocycles. The van der Waals surface area contributed by atoms with Crippen molar-refractivity contribution in [3.63, 3.8) is 0 Å². The van der Waals surface area contributed by atoms with Gasteiger partial charge in [0.2, 0.25) is 0 Å². The number of rotatable bonds is 3. The van der Waals surface area contributed by atoms with Crippen LogP contribution in [0.2, 0.25) is 0 Å². The summed E-state index contributed by atoms with van der Waals surface area (Å²) in [5.74, 6) is 0. The summed E-state index contributed by atoms with van der Waals surface area (Å²) in [5.41, 5.74) is 2.22. The van der Waals surface area contributed by atoms with Gasteiger partial charge in [-0.1, -0.05) is 66.4 Å². The Labute approximate surface area is 95.5 Å². The number of halogens is 2. The normalized spacial score (nSPS) is 12.6. The molecule has 1 aromatic carbocycles. The van der Waals surface area contributed by atoms with Crippen LogP contribution in [0.25, 0.3) is 5.03 Å². The Hall–Kier alpha value is -0.460. The summed E-state index contributed by atoms with van der Waals surface area (Å²) < 4.78 is 0. The molecule has 0 unspecified atom stereocenters. The van der Waals surface area contributed by atoms with Crippen molar-refractivity contribution >= 4 is 28.2 Å². The molecular weight excluding hydrogens is 215 g/mol. The standard InChI is InChI=1S/C12H14Cl2/c1-3-4-11(13)12(14)10-7-5-9(2)6-8-10/h5-8H,3-4H2,1-2H3/b12-11+. The van der Waals surface area contributed by atoms with E-state index in [-0.39, 0.29) is 0 Å². The molecule has 0 amide bonds. The van der Waals surface area contributed by atoms with E-state index in [9.17, 15) is 0 Å². The fraction of sp³-hybridized carbons (Fsp3) is 0.333. The first-order valence-corrected chi connectivity index (χ1v) is 5.52. The van der Waals surface area contributed by atoms with Gasteiger partial charge in [-0.15, -0.1) is 0 Å². The Morgan fingerprint density at radius 3 is 2.21 bits per heavy atom. The topological polar surface area (TPSA) is 0 Å². The Balaban J connectivity index is 2.93. The van der Waals surface area contributed by atoms with Gasteiger partial charge in [0.1, 0.15) is 0 Å². The molecule has 0 saturated heterocycles. The van der Waals surface area contributed by atoms with Gasteiger partial charge in [-0.05, 0) is 18.9 Å². The Morgan fingerprint density at radius 2 is 1.71 bits per heavy atom. The molecule has 0 fully saturated rings. The van der Waals surface area contributed by atoms with Gasteiger partial charge in [0.05, 0.1) is 5.03 Å². The number of benzene rings is 1. The Bertz CT molecular complexity index is 323. The number of hydrogen-bond acceptors (Lipinski definition) is 0. The smallest absolute Gasteiger partial charge is 0.0623 e. The zero-order chi connectivity index (χ0) is 10.6. The van der Waals surface area contributed by atoms with Crippen molar-refractivity contribution in [3.05, 3.63) is 40.4 Å². The second kappa shape index (κ2) is 5.43. The molecule has 76 valence electrons. The summed E-state index contributed by atoms with van der Waals surface area (Å²) >= 11 is 12.2. The summed E-state index contributed by atoms with van der Waals surface area (Å²) in [6.45, 7) is 4.14. The van der Waals surface area contributed by atoms with Gasteiger partial charge in [0, 0.05) is 5.03 Å². The van der Waals surface area contributed by atoms with Crippen molar-refractivity contribution in [2.24, 2.45) is 0 Å². The highest BCUT2D eigenvalue weighted by atomic mass is 35.5. The van der Waals surface area contributed by atoms with Gasteiger partial charge in [-0.25, -0.2) is 0 Å². The van der Waals surface area contributed by atoms with Crippen LogP contribution in [0.15, 0.2) is 29.3 Å². The van der Waals surface area contributed by atoms with Crippen molar-refractivity contribution in [1.29, 1.82) is 0 Å². The monoisotopic (exact) mass is 228 g/mol. The van der Waals surface area contributed by atoms with Crippen LogP contribution in [0.4, 0.5) is 0 Å². The largest absolute Gasteiger partial charge is 0.0875 e. The van der Waals surface area contributed by atoms with Crippen LogP contribution in [0.1, 0.15) is 30.9 Å². The highest BCUT2D eigenvalue weighted by Crippen LogP contribution is 2.28. The first kappa shape index (κ1) is 11.6. The summed E-state index contributed by atoms with van der Waals surface area (Å²) in [7, 11) is 0. The third kappa shape index (κ3) is 3.04. The second-order valence-corrected chi connectivity index (χ2v) is 4.17. The van der Waals surface area contributed by atoms with Crippen LogP contribution >= 0.6 is 23.2 Å². The Kier molecular flexibility index (Phi) is 4.50. The van der Waals surface area contributed by atoms with Crippen molar-refractivity contribution < 1.29 is 0 Å². The predicted octanol–water partition coefficient (Wildman–Crippen LogP) is 4.94. The van der Waals surface area contributed by atoms with Crippen LogP contribution in [0, 0.1) is 6.92 Å². The molecule has 1 rings (SSSR count). The summed E-state index contributed by atoms with van der Waals surface area (Å²) in [6, 6.07) is 8.06. The summed E-state index contributed by atoms with van der Waals surface area (Å²) in [4.78, 5) is 0. The summed E-state index contributed by atoms with van der Waals surface area (Å²) in [6.07, 6.45) is 1.86. The van der Waals surface area contributed by atoms with Crippen LogP contribution in [0.5, 0.6) is 0 Å². The van der Waals surface area contributed by atoms with Gasteiger partial charge in [0.25, 0.3) is 0 Å². The minimum absolute atomic E-state index is 0.675. The van der Waals surface area contributed by atoms with E-state index >= 15 is 0 Å². The van der Waals surface area contributed by atoms with E-state index in [4.69, 9.17) is 23.2 Å². The van der Waals surface area contributed by atoms with Gasteiger partial charge in [0.15, 0.2) is 0 Å². The molecule has 0 radical (unpaired) electrons. The van der Waals surface area contributed by atoms with Crippen LogP contribution < -0.4 is 0 Å². The first-order chi connectivity index (χ1) is 6.65. The molecule has 1 aromatic rings. The maximum Gasteiger partial charge on any atom is 0.0623 e. The van der Waals surface area contributed by atoms with Crippen LogP contribution in [0.3, 0.4) is 0 Å². The van der Waals surface area contributed by atoms with E-state index in [1.807, 2.05) is 24.3 Å². The van der Waals surface area contributed by atoms with Gasteiger partial charge < -0.3 is 0 Å². The van der Waals surface area contributed by atoms with Gasteiger partial charge in [-0.3, -0.25) is 0 Å². The van der Waals surface area contributed by atoms with Crippen LogP contribution in [-0.4, -0.2) is 0 Å². The van der Waals surface area contributed by atoms with E-state index in [0.717, 1.165) is 23.4 Å². The minimum Gasteiger partial charge on any atom is -0.0875 e. The molecule has 0 aliphatic carbocycles. The van der Waals surface area contributed by atoms with E-state index < -0.39 is 0 Å². The molecular formula is C12H14Cl2. The maximum atomic E-state index is 6.14. The summed E-state index contributed by atoms with van der Waals surface area (Å²) in [5, 5.41) is 1.42. The first-order valence-electron chi connectivity index (χ1n) is 4.76. The lowest BCUT2D eigenvalue weighted by atomic mass is 10.1. The highest BCUT2D eigenvalue weighted by Gasteiger charge is 2.03. The lowest BCUT2D eigenvalue weighted by Gasteiger charge is -2.03. The average molecular weight is 229 g/mol. The second-order valence-electron chi connectivity index (χ2n) is 3.33. The van der Waals surface area contributed by atoms with Crippen molar-refractivity contribution in [2.45, 2.75) is 26.7 Å². The van der Waals surface area contributed by atoms with E-state index in [1.54, 1.807) is 0 Å². The fourth-order valence-corrected chi connectivity index (χ4v) is 1.70. The highest BCUT2D eigenvalue weighted by molar-refractivity contribution is 6.54. The lowest BCUT2D eigenvalue weighted by molar-refractivity contribution is 0.948. The quantitative estimate of drug-likeness (QED) is 0.688. The van der Waals surface area contributed by atoms with Crippen molar-refractivity contribution in [2.75, 3.05) is 0 Å². The number of aryl methyl sites for hydroxylation is 1. The van der Waals surface area contributed by atoms with Crippen LogP contribution in [-0.2, 0) is 0 Å². The van der Waals surface area contributed by atoms with E-state index in [2.05, 4.69) is 13.8 Å². The molecule has 0 aliphatic heterocycles. The van der Waals surface area contributed by atoms with E-state index in [1.165, 1.54) is 5.56 Å². The molecule has 0 atom stereocenters. The third-order valence-corrected chi connectivity index (χ3v) is 2.93. The van der Waals surface area contributed by atoms with Crippen molar-refractivity contribution in [1.82, 2.24) is 0 Å². The molecule has 0 heterocycles. The average Bonchev–Trinajstić information content (AvgIpc) is 2.18. The fourth-order valence-electron chi connectivity index (χ4n) is 1.19. The molecule has 0 aliphatic rings. The van der Waals surface area contributed by atoms with Gasteiger partial charge in [-0.2, -0.15) is 0 Å². The zero-order valence-electron chi connectivity index (χ0n) is 8.48. The molecule has 0 aromatic heterocycles. The van der Waals surface area contributed by atoms with Crippen molar-refractivity contribution in [3.8, 4) is 0 Å². The molecule has 0 spiro atoms. The molecule has 2 heteroatoms. The number of allylic oxidation sites excluding steroid dienone is 1. The third-order valence-electron chi connectivity index (χ3n) is 2.01. The van der Waals surface area contributed by atoms with E-state index in [0.29, 0.717) is 5.03 Å². The zero-order valence-corrected chi connectivity index (χ0v) is 9.99. The Morgan fingerprint density at radius 1 is 1.14 bits per heavy atom. The molecule has 0 bridgehead atoms. The minimum atomic E-state index is 0.675.